The molecule has 0 spiro atoms. The molecule has 0 amide bonds. The molecule has 0 aliphatic heterocycles. The zero-order valence-electron chi connectivity index (χ0n) is 20.7. The Morgan fingerprint density at radius 3 is 1.48 bits per heavy atom. The van der Waals surface area contributed by atoms with E-state index in [1.54, 1.807) is 6.08 Å². The summed E-state index contributed by atoms with van der Waals surface area (Å²) in [5.74, 6) is 0.953. The van der Waals surface area contributed by atoms with Gasteiger partial charge in [0.2, 0.25) is 7.44 Å². The van der Waals surface area contributed by atoms with Gasteiger partial charge in [-0.05, 0) is 35.8 Å². The maximum absolute atomic E-state index is 14.1. The summed E-state index contributed by atoms with van der Waals surface area (Å²) >= 11 is 0. The van der Waals surface area contributed by atoms with Gasteiger partial charge in [0.1, 0.15) is 0 Å². The molecule has 0 fully saturated rings. The molecule has 0 unspecified atom stereocenters. The second kappa shape index (κ2) is 14.2. The monoisotopic (exact) mass is 464 g/mol. The minimum absolute atomic E-state index is 0.00120. The van der Waals surface area contributed by atoms with Gasteiger partial charge in [-0.3, -0.25) is 4.57 Å². The third-order valence-electron chi connectivity index (χ3n) is 5.23. The van der Waals surface area contributed by atoms with Crippen LogP contribution in [0.4, 0.5) is 0 Å². The van der Waals surface area contributed by atoms with Gasteiger partial charge in [-0.15, -0.1) is 6.58 Å². The Morgan fingerprint density at radius 1 is 0.758 bits per heavy atom. The maximum atomic E-state index is 14.1. The number of rotatable bonds is 14. The number of hydrogen-bond acceptors (Lipinski definition) is 1. The predicted molar refractivity (Wildman–Crippen MR) is 146 cm³/mol. The molecule has 0 aliphatic carbocycles. The Morgan fingerprint density at radius 2 is 1.15 bits per heavy atom. The minimum Gasteiger partial charge on any atom is -0.289 e. The van der Waals surface area contributed by atoms with E-state index in [1.807, 2.05) is 36.4 Å². The Kier molecular flexibility index (Phi) is 11.6. The fourth-order valence-corrected chi connectivity index (χ4v) is 5.91. The van der Waals surface area contributed by atoms with Crippen LogP contribution in [0.3, 0.4) is 0 Å². The van der Waals surface area contributed by atoms with Crippen LogP contribution in [0.5, 0.6) is 0 Å². The quantitative estimate of drug-likeness (QED) is 0.221. The zero-order valence-corrected chi connectivity index (χ0v) is 21.5. The molecule has 2 rings (SSSR count). The Bertz CT molecular complexity index is 850. The van der Waals surface area contributed by atoms with E-state index in [0.717, 1.165) is 24.0 Å². The first kappa shape index (κ1) is 27.1. The normalized spacial score (nSPS) is 14.4. The highest BCUT2D eigenvalue weighted by molar-refractivity contribution is 7.60. The number of allylic oxidation sites excluding steroid dienone is 1. The molecule has 0 aliphatic rings. The van der Waals surface area contributed by atoms with Gasteiger partial charge in [-0.1, -0.05) is 119 Å². The molecule has 0 aromatic heterocycles. The van der Waals surface area contributed by atoms with E-state index < -0.39 is 7.44 Å². The summed E-state index contributed by atoms with van der Waals surface area (Å²) in [6, 6.07) is 20.5. The van der Waals surface area contributed by atoms with Crippen molar-refractivity contribution in [1.82, 2.24) is 10.2 Å². The van der Waals surface area contributed by atoms with Crippen molar-refractivity contribution < 1.29 is 4.57 Å². The van der Waals surface area contributed by atoms with Crippen LogP contribution in [0, 0.1) is 11.8 Å². The summed E-state index contributed by atoms with van der Waals surface area (Å²) in [7, 11) is -2.91. The van der Waals surface area contributed by atoms with Gasteiger partial charge in [0.25, 0.3) is 0 Å². The van der Waals surface area contributed by atoms with E-state index in [0.29, 0.717) is 18.0 Å². The highest BCUT2D eigenvalue weighted by Crippen LogP contribution is 2.39. The molecule has 2 aromatic carbocycles. The van der Waals surface area contributed by atoms with Crippen LogP contribution in [0.25, 0.3) is 12.2 Å². The van der Waals surface area contributed by atoms with Crippen molar-refractivity contribution in [3.8, 4) is 0 Å². The van der Waals surface area contributed by atoms with Crippen molar-refractivity contribution in [3.63, 3.8) is 0 Å². The zero-order chi connectivity index (χ0) is 24.1. The van der Waals surface area contributed by atoms with Gasteiger partial charge >= 0.3 is 0 Å². The van der Waals surface area contributed by atoms with Crippen molar-refractivity contribution in [2.45, 2.75) is 52.6 Å². The SMILES string of the molecule is C=CCP(=O)(N[C@H](/C=C/c1ccccc1)CC(C)C)N[C@H](/C=C/c1ccccc1)CC(C)C. The van der Waals surface area contributed by atoms with Crippen molar-refractivity contribution in [3.05, 3.63) is 96.6 Å². The van der Waals surface area contributed by atoms with E-state index in [4.69, 9.17) is 0 Å². The first-order chi connectivity index (χ1) is 15.8. The lowest BCUT2D eigenvalue weighted by Gasteiger charge is -2.29. The van der Waals surface area contributed by atoms with E-state index in [9.17, 15) is 4.57 Å². The topological polar surface area (TPSA) is 41.1 Å². The van der Waals surface area contributed by atoms with Gasteiger partial charge in [-0.25, -0.2) is 10.2 Å². The molecule has 3 nitrogen and oxygen atoms in total. The van der Waals surface area contributed by atoms with Crippen LogP contribution in [-0.2, 0) is 4.57 Å². The standard InChI is InChI=1S/C29H41N2OP/c1-6-21-33(32,30-28(22-24(2)3)19-17-26-13-9-7-10-14-26)31-29(23-25(4)5)20-18-27-15-11-8-12-16-27/h6-20,24-25,28-29H,1,21-23H2,2-5H3,(H2,30,31,32)/b19-17+,20-18+/t28-,29-/m1/s1. The second-order valence-corrected chi connectivity index (χ2v) is 11.8. The third-order valence-corrected chi connectivity index (χ3v) is 7.50. The molecular formula is C29H41N2OP. The largest absolute Gasteiger partial charge is 0.289 e. The predicted octanol–water partition coefficient (Wildman–Crippen LogP) is 7.80. The van der Waals surface area contributed by atoms with Crippen molar-refractivity contribution in [2.75, 3.05) is 6.16 Å². The molecule has 2 aromatic rings. The fourth-order valence-electron chi connectivity index (χ4n) is 3.81. The second-order valence-electron chi connectivity index (χ2n) is 9.48. The van der Waals surface area contributed by atoms with Crippen LogP contribution in [0.2, 0.25) is 0 Å². The summed E-state index contributed by atoms with van der Waals surface area (Å²) < 4.78 is 14.1. The van der Waals surface area contributed by atoms with E-state index in [-0.39, 0.29) is 12.1 Å². The van der Waals surface area contributed by atoms with Crippen molar-refractivity contribution in [2.24, 2.45) is 11.8 Å². The molecule has 2 N–H and O–H groups in total. The summed E-state index contributed by atoms with van der Waals surface area (Å²) in [5, 5.41) is 6.97. The van der Waals surface area contributed by atoms with Crippen molar-refractivity contribution >= 4 is 19.6 Å². The van der Waals surface area contributed by atoms with Gasteiger partial charge in [0.15, 0.2) is 0 Å². The van der Waals surface area contributed by atoms with Crippen LogP contribution < -0.4 is 10.2 Å². The number of benzene rings is 2. The van der Waals surface area contributed by atoms with Crippen LogP contribution in [0.1, 0.15) is 51.7 Å². The Balaban J connectivity index is 2.22. The average molecular weight is 465 g/mol. The Hall–Kier alpha value is -2.19. The van der Waals surface area contributed by atoms with Gasteiger partial charge in [0.05, 0.1) is 0 Å². The minimum atomic E-state index is -2.91. The summed E-state index contributed by atoms with van der Waals surface area (Å²) in [4.78, 5) is 0. The highest BCUT2D eigenvalue weighted by atomic mass is 31.2. The molecule has 0 bridgehead atoms. The molecular weight excluding hydrogens is 423 g/mol. The molecule has 0 radical (unpaired) electrons. The first-order valence-corrected chi connectivity index (χ1v) is 13.9. The van der Waals surface area contributed by atoms with E-state index >= 15 is 0 Å². The summed E-state index contributed by atoms with van der Waals surface area (Å²) in [5.41, 5.74) is 2.28. The third kappa shape index (κ3) is 11.0. The molecule has 0 saturated heterocycles. The molecule has 33 heavy (non-hydrogen) atoms. The lowest BCUT2D eigenvalue weighted by molar-refractivity contribution is 0.482. The average Bonchev–Trinajstić information content (AvgIpc) is 2.76. The molecule has 2 atom stereocenters. The van der Waals surface area contributed by atoms with Gasteiger partial charge < -0.3 is 0 Å². The smallest absolute Gasteiger partial charge is 0.216 e. The lowest BCUT2D eigenvalue weighted by Crippen LogP contribution is -2.37. The fraction of sp³-hybridized carbons (Fsp3) is 0.379. The first-order valence-electron chi connectivity index (χ1n) is 12.0. The molecule has 0 heterocycles. The summed E-state index contributed by atoms with van der Waals surface area (Å²) in [6.45, 7) is 12.7. The van der Waals surface area contributed by atoms with Crippen LogP contribution in [0.15, 0.2) is 85.5 Å². The Labute approximate surface area is 201 Å². The highest BCUT2D eigenvalue weighted by Gasteiger charge is 2.26. The van der Waals surface area contributed by atoms with Crippen LogP contribution in [-0.4, -0.2) is 18.2 Å². The van der Waals surface area contributed by atoms with Gasteiger partial charge in [0, 0.05) is 18.2 Å². The summed E-state index contributed by atoms with van der Waals surface area (Å²) in [6.07, 6.45) is 12.5. The molecule has 0 saturated carbocycles. The molecule has 4 heteroatoms. The van der Waals surface area contributed by atoms with Crippen LogP contribution >= 0.6 is 7.44 Å². The number of nitrogens with one attached hydrogen (secondary N) is 2. The van der Waals surface area contributed by atoms with Crippen molar-refractivity contribution in [1.29, 1.82) is 0 Å². The van der Waals surface area contributed by atoms with E-state index in [2.05, 4.69) is 93.0 Å². The van der Waals surface area contributed by atoms with E-state index in [1.165, 1.54) is 0 Å². The maximum Gasteiger partial charge on any atom is 0.216 e. The lowest BCUT2D eigenvalue weighted by atomic mass is 10.0. The number of hydrogen-bond donors (Lipinski definition) is 2. The van der Waals surface area contributed by atoms with Gasteiger partial charge in [-0.2, -0.15) is 0 Å². The molecule has 178 valence electrons.